The maximum Gasteiger partial charge on any atom is 0.272 e. The molecule has 3 rings (SSSR count). The van der Waals surface area contributed by atoms with Crippen LogP contribution in [0.15, 0.2) is 46.8 Å². The van der Waals surface area contributed by atoms with E-state index in [9.17, 15) is 9.18 Å². The minimum atomic E-state index is -0.406. The molecule has 3 aromatic rings. The molecule has 0 spiro atoms. The molecule has 0 fully saturated rings. The number of para-hydroxylation sites is 1. The molecule has 3 nitrogen and oxygen atoms in total. The van der Waals surface area contributed by atoms with Gasteiger partial charge in [-0.25, -0.2) is 4.39 Å². The number of nitrogens with zero attached hydrogens (tertiary/aromatic N) is 2. The maximum atomic E-state index is 14.0. The zero-order valence-corrected chi connectivity index (χ0v) is 13.5. The third kappa shape index (κ3) is 3.31. The minimum absolute atomic E-state index is 0.154. The predicted octanol–water partition coefficient (Wildman–Crippen LogP) is 3.68. The minimum Gasteiger partial charge on any atom is -0.302 e. The Morgan fingerprint density at radius 1 is 1.39 bits per heavy atom. The Bertz CT molecular complexity index is 988. The van der Waals surface area contributed by atoms with E-state index in [2.05, 4.69) is 10.9 Å². The monoisotopic (exact) mass is 342 g/mol. The summed E-state index contributed by atoms with van der Waals surface area (Å²) in [5.74, 6) is 1.69. The zero-order valence-electron chi connectivity index (χ0n) is 11.9. The Labute approximate surface area is 140 Å². The molecule has 2 heterocycles. The molecule has 0 atom stereocenters. The van der Waals surface area contributed by atoms with Crippen molar-refractivity contribution in [3.63, 3.8) is 0 Å². The van der Waals surface area contributed by atoms with Crippen LogP contribution in [0.2, 0.25) is 0 Å². The molecule has 0 N–H and O–H groups in total. The van der Waals surface area contributed by atoms with Crippen molar-refractivity contribution in [2.24, 2.45) is 4.99 Å². The molecule has 23 heavy (non-hydrogen) atoms. The van der Waals surface area contributed by atoms with Crippen molar-refractivity contribution < 1.29 is 9.18 Å². The number of hydrogen-bond donors (Lipinski definition) is 0. The lowest BCUT2D eigenvalue weighted by molar-refractivity contribution is -0.113. The van der Waals surface area contributed by atoms with Crippen molar-refractivity contribution in [3.8, 4) is 12.3 Å². The van der Waals surface area contributed by atoms with Gasteiger partial charge in [0.2, 0.25) is 0 Å². The summed E-state index contributed by atoms with van der Waals surface area (Å²) in [6, 6.07) is 8.57. The van der Waals surface area contributed by atoms with Gasteiger partial charge in [-0.05, 0) is 29.7 Å². The van der Waals surface area contributed by atoms with Crippen LogP contribution in [0.5, 0.6) is 0 Å². The summed E-state index contributed by atoms with van der Waals surface area (Å²) in [5.41, 5.74) is 0.379. The van der Waals surface area contributed by atoms with Crippen LogP contribution >= 0.6 is 22.7 Å². The number of hydrogen-bond acceptors (Lipinski definition) is 3. The Balaban J connectivity index is 2.05. The molecular weight excluding hydrogens is 331 g/mol. The van der Waals surface area contributed by atoms with Gasteiger partial charge in [0, 0.05) is 11.0 Å². The van der Waals surface area contributed by atoms with Crippen LogP contribution in [0.4, 0.5) is 4.39 Å². The van der Waals surface area contributed by atoms with Crippen LogP contribution in [0, 0.1) is 18.2 Å². The molecule has 2 aromatic heterocycles. The summed E-state index contributed by atoms with van der Waals surface area (Å²) in [5, 5.41) is 1.93. The van der Waals surface area contributed by atoms with E-state index in [1.165, 1.54) is 34.8 Å². The highest BCUT2D eigenvalue weighted by Gasteiger charge is 2.10. The first kappa shape index (κ1) is 15.4. The number of terminal acetylenes is 1. The average Bonchev–Trinajstić information content (AvgIpc) is 3.15. The molecule has 1 aromatic carbocycles. The number of aromatic nitrogens is 1. The highest BCUT2D eigenvalue weighted by Crippen LogP contribution is 2.20. The number of rotatable bonds is 3. The SMILES string of the molecule is C#CCn1c(=NC(=O)C=Cc2cccs2)sc2cccc(F)c21. The quantitative estimate of drug-likeness (QED) is 0.528. The summed E-state index contributed by atoms with van der Waals surface area (Å²) >= 11 is 2.77. The third-order valence-corrected chi connectivity index (χ3v) is 4.92. The molecule has 6 heteroatoms. The van der Waals surface area contributed by atoms with Gasteiger partial charge < -0.3 is 4.57 Å². The maximum absolute atomic E-state index is 14.0. The number of fused-ring (bicyclic) bond motifs is 1. The van der Waals surface area contributed by atoms with Crippen molar-refractivity contribution in [2.75, 3.05) is 0 Å². The third-order valence-electron chi connectivity index (χ3n) is 3.04. The lowest BCUT2D eigenvalue weighted by atomic mass is 10.3. The fourth-order valence-corrected chi connectivity index (χ4v) is 3.75. The second kappa shape index (κ2) is 6.73. The molecule has 0 saturated carbocycles. The highest BCUT2D eigenvalue weighted by atomic mass is 32.1. The smallest absolute Gasteiger partial charge is 0.272 e. The first-order valence-corrected chi connectivity index (χ1v) is 8.40. The number of carbonyl (C=O) groups excluding carboxylic acids is 1. The second-order valence-corrected chi connectivity index (χ2v) is 6.55. The number of thiazole rings is 1. The fraction of sp³-hybridized carbons (Fsp3) is 0.0588. The van der Waals surface area contributed by atoms with Gasteiger partial charge >= 0.3 is 0 Å². The topological polar surface area (TPSA) is 34.4 Å². The van der Waals surface area contributed by atoms with Gasteiger partial charge in [-0.3, -0.25) is 4.79 Å². The predicted molar refractivity (Wildman–Crippen MR) is 92.5 cm³/mol. The molecular formula is C17H11FN2OS2. The summed E-state index contributed by atoms with van der Waals surface area (Å²) in [7, 11) is 0. The molecule has 0 radical (unpaired) electrons. The molecule has 0 bridgehead atoms. The van der Waals surface area contributed by atoms with Gasteiger partial charge in [0.1, 0.15) is 5.82 Å². The van der Waals surface area contributed by atoms with E-state index < -0.39 is 5.91 Å². The second-order valence-electron chi connectivity index (χ2n) is 4.56. The van der Waals surface area contributed by atoms with E-state index in [-0.39, 0.29) is 12.4 Å². The molecule has 0 saturated heterocycles. The number of benzene rings is 1. The number of amides is 1. The molecule has 0 aliphatic rings. The van der Waals surface area contributed by atoms with E-state index in [4.69, 9.17) is 6.42 Å². The van der Waals surface area contributed by atoms with Gasteiger partial charge in [-0.1, -0.05) is 29.4 Å². The molecule has 1 amide bonds. The van der Waals surface area contributed by atoms with Crippen molar-refractivity contribution in [2.45, 2.75) is 6.54 Å². The Hall–Kier alpha value is -2.49. The van der Waals surface area contributed by atoms with E-state index in [0.717, 1.165) is 4.88 Å². The van der Waals surface area contributed by atoms with Crippen LogP contribution in [0.1, 0.15) is 4.88 Å². The molecule has 0 unspecified atom stereocenters. The summed E-state index contributed by atoms with van der Waals surface area (Å²) in [6.07, 6.45) is 8.46. The van der Waals surface area contributed by atoms with Crippen LogP contribution in [0.25, 0.3) is 16.3 Å². The molecule has 0 aliphatic heterocycles. The van der Waals surface area contributed by atoms with E-state index in [1.54, 1.807) is 22.8 Å². The largest absolute Gasteiger partial charge is 0.302 e. The lowest BCUT2D eigenvalue weighted by Crippen LogP contribution is -2.16. The van der Waals surface area contributed by atoms with Crippen molar-refractivity contribution in [3.05, 3.63) is 57.3 Å². The van der Waals surface area contributed by atoms with Gasteiger partial charge in [0.15, 0.2) is 4.80 Å². The highest BCUT2D eigenvalue weighted by molar-refractivity contribution is 7.16. The first-order valence-electron chi connectivity index (χ1n) is 6.70. The zero-order chi connectivity index (χ0) is 16.2. The summed E-state index contributed by atoms with van der Waals surface area (Å²) in [4.78, 5) is 17.4. The fourth-order valence-electron chi connectivity index (χ4n) is 2.08. The van der Waals surface area contributed by atoms with Crippen molar-refractivity contribution in [1.29, 1.82) is 0 Å². The summed E-state index contributed by atoms with van der Waals surface area (Å²) < 4.78 is 16.3. The van der Waals surface area contributed by atoms with Crippen LogP contribution in [-0.2, 0) is 11.3 Å². The number of carbonyl (C=O) groups is 1. The Morgan fingerprint density at radius 2 is 2.26 bits per heavy atom. The van der Waals surface area contributed by atoms with E-state index >= 15 is 0 Å². The Kier molecular flexibility index (Phi) is 4.51. The normalized spacial score (nSPS) is 12.1. The standard InChI is InChI=1S/C17H11FN2OS2/c1-2-10-20-16-13(18)6-3-7-14(16)23-17(20)19-15(21)9-8-12-5-4-11-22-12/h1,3-9,11H,10H2. The average molecular weight is 342 g/mol. The number of halogens is 1. The molecule has 0 aliphatic carbocycles. The molecule has 114 valence electrons. The lowest BCUT2D eigenvalue weighted by Gasteiger charge is -2.00. The van der Waals surface area contributed by atoms with E-state index in [0.29, 0.717) is 15.0 Å². The number of thiophene rings is 1. The van der Waals surface area contributed by atoms with Gasteiger partial charge in [-0.15, -0.1) is 17.8 Å². The van der Waals surface area contributed by atoms with Crippen molar-refractivity contribution in [1.82, 2.24) is 4.57 Å². The van der Waals surface area contributed by atoms with Gasteiger partial charge in [0.05, 0.1) is 16.8 Å². The van der Waals surface area contributed by atoms with Crippen LogP contribution in [-0.4, -0.2) is 10.5 Å². The van der Waals surface area contributed by atoms with Gasteiger partial charge in [0.25, 0.3) is 5.91 Å². The summed E-state index contributed by atoms with van der Waals surface area (Å²) in [6.45, 7) is 0.154. The van der Waals surface area contributed by atoms with Crippen LogP contribution in [0.3, 0.4) is 0 Å². The first-order chi connectivity index (χ1) is 11.2. The van der Waals surface area contributed by atoms with E-state index in [1.807, 2.05) is 17.5 Å². The van der Waals surface area contributed by atoms with Gasteiger partial charge in [-0.2, -0.15) is 4.99 Å². The Morgan fingerprint density at radius 3 is 3.00 bits per heavy atom. The van der Waals surface area contributed by atoms with Crippen LogP contribution < -0.4 is 4.80 Å². The van der Waals surface area contributed by atoms with Crippen molar-refractivity contribution >= 4 is 44.9 Å².